The minimum absolute atomic E-state index is 0.863. The summed E-state index contributed by atoms with van der Waals surface area (Å²) in [6.45, 7) is 10.1. The lowest BCUT2D eigenvalue weighted by Gasteiger charge is -1.95. The van der Waals surface area contributed by atoms with Gasteiger partial charge in [-0.3, -0.25) is 0 Å². The van der Waals surface area contributed by atoms with Gasteiger partial charge in [0.2, 0.25) is 0 Å². The van der Waals surface area contributed by atoms with Crippen molar-refractivity contribution in [3.8, 4) is 0 Å². The van der Waals surface area contributed by atoms with Crippen LogP contribution in [0.1, 0.15) is 30.2 Å². The SMILES string of the molecule is CC.Cc1nc(C)c2cc(C)sc2n1. The number of fused-ring (bicyclic) bond motifs is 1. The zero-order valence-electron chi connectivity index (χ0n) is 9.38. The topological polar surface area (TPSA) is 25.8 Å². The van der Waals surface area contributed by atoms with Gasteiger partial charge >= 0.3 is 0 Å². The van der Waals surface area contributed by atoms with Crippen molar-refractivity contribution in [1.29, 1.82) is 0 Å². The summed E-state index contributed by atoms with van der Waals surface area (Å²) in [4.78, 5) is 11.1. The molecule has 0 radical (unpaired) electrons. The first-order chi connectivity index (χ1) is 6.66. The van der Waals surface area contributed by atoms with E-state index in [1.54, 1.807) is 11.3 Å². The number of rotatable bonds is 0. The van der Waals surface area contributed by atoms with Crippen LogP contribution in [0.4, 0.5) is 0 Å². The number of thiophene rings is 1. The first-order valence-electron chi connectivity index (χ1n) is 4.88. The molecule has 2 rings (SSSR count). The van der Waals surface area contributed by atoms with Crippen LogP contribution in [0.15, 0.2) is 6.07 Å². The molecule has 0 spiro atoms. The summed E-state index contributed by atoms with van der Waals surface area (Å²) in [7, 11) is 0. The summed E-state index contributed by atoms with van der Waals surface area (Å²) < 4.78 is 0. The second-order valence-corrected chi connectivity index (χ2v) is 4.17. The molecule has 2 nitrogen and oxygen atoms in total. The lowest BCUT2D eigenvalue weighted by Crippen LogP contribution is -1.89. The molecule has 2 aromatic heterocycles. The van der Waals surface area contributed by atoms with Crippen molar-refractivity contribution in [2.24, 2.45) is 0 Å². The van der Waals surface area contributed by atoms with E-state index in [4.69, 9.17) is 0 Å². The molecule has 2 heterocycles. The minimum atomic E-state index is 0.863. The van der Waals surface area contributed by atoms with E-state index in [2.05, 4.69) is 23.0 Å². The Balaban J connectivity index is 0.000000461. The number of nitrogens with zero attached hydrogens (tertiary/aromatic N) is 2. The number of aryl methyl sites for hydroxylation is 3. The van der Waals surface area contributed by atoms with Crippen molar-refractivity contribution in [3.05, 3.63) is 22.5 Å². The van der Waals surface area contributed by atoms with E-state index >= 15 is 0 Å². The molecule has 0 amide bonds. The Morgan fingerprint density at radius 1 is 1.07 bits per heavy atom. The molecule has 0 aliphatic heterocycles. The van der Waals surface area contributed by atoms with Crippen LogP contribution in [-0.2, 0) is 0 Å². The fourth-order valence-corrected chi connectivity index (χ4v) is 2.30. The Kier molecular flexibility index (Phi) is 3.58. The van der Waals surface area contributed by atoms with E-state index in [-0.39, 0.29) is 0 Å². The maximum absolute atomic E-state index is 4.36. The third-order valence-electron chi connectivity index (χ3n) is 1.82. The molecule has 14 heavy (non-hydrogen) atoms. The predicted molar refractivity (Wildman–Crippen MR) is 63.0 cm³/mol. The quantitative estimate of drug-likeness (QED) is 0.660. The van der Waals surface area contributed by atoms with Crippen molar-refractivity contribution < 1.29 is 0 Å². The van der Waals surface area contributed by atoms with Gasteiger partial charge in [0.15, 0.2) is 0 Å². The number of hydrogen-bond donors (Lipinski definition) is 0. The fraction of sp³-hybridized carbons (Fsp3) is 0.455. The fourth-order valence-electron chi connectivity index (χ4n) is 1.32. The lowest BCUT2D eigenvalue weighted by molar-refractivity contribution is 1.06. The van der Waals surface area contributed by atoms with Crippen LogP contribution in [0.3, 0.4) is 0 Å². The lowest BCUT2D eigenvalue weighted by atomic mass is 10.3. The molecule has 0 unspecified atom stereocenters. The maximum atomic E-state index is 4.36. The van der Waals surface area contributed by atoms with Crippen LogP contribution >= 0.6 is 11.3 Å². The van der Waals surface area contributed by atoms with E-state index < -0.39 is 0 Å². The largest absolute Gasteiger partial charge is 0.238 e. The molecule has 0 aliphatic carbocycles. The van der Waals surface area contributed by atoms with Crippen LogP contribution in [0, 0.1) is 20.8 Å². The second kappa shape index (κ2) is 4.51. The van der Waals surface area contributed by atoms with E-state index in [0.29, 0.717) is 0 Å². The number of aromatic nitrogens is 2. The maximum Gasteiger partial charge on any atom is 0.127 e. The Morgan fingerprint density at radius 2 is 1.71 bits per heavy atom. The van der Waals surface area contributed by atoms with Gasteiger partial charge in [0, 0.05) is 16.0 Å². The third-order valence-corrected chi connectivity index (χ3v) is 2.76. The first-order valence-corrected chi connectivity index (χ1v) is 5.70. The number of hydrogen-bond acceptors (Lipinski definition) is 3. The Labute approximate surface area is 89.0 Å². The van der Waals surface area contributed by atoms with Crippen LogP contribution in [-0.4, -0.2) is 9.97 Å². The van der Waals surface area contributed by atoms with E-state index in [1.165, 1.54) is 10.3 Å². The standard InChI is InChI=1S/C9H10N2S.C2H6/c1-5-4-8-6(2)10-7(3)11-9(8)12-5;1-2/h4H,1-3H3;1-2H3. The highest BCUT2D eigenvalue weighted by Gasteiger charge is 2.04. The molecule has 0 aromatic carbocycles. The normalized spacial score (nSPS) is 9.79. The van der Waals surface area contributed by atoms with E-state index in [0.717, 1.165) is 16.3 Å². The highest BCUT2D eigenvalue weighted by molar-refractivity contribution is 7.18. The van der Waals surface area contributed by atoms with Gasteiger partial charge in [0.1, 0.15) is 10.7 Å². The molecule has 0 aliphatic rings. The summed E-state index contributed by atoms with van der Waals surface area (Å²) >= 11 is 1.73. The van der Waals surface area contributed by atoms with Gasteiger partial charge in [-0.05, 0) is 26.8 Å². The zero-order valence-corrected chi connectivity index (χ0v) is 10.2. The molecule has 76 valence electrons. The van der Waals surface area contributed by atoms with Gasteiger partial charge < -0.3 is 0 Å². The van der Waals surface area contributed by atoms with Gasteiger partial charge in [-0.1, -0.05) is 13.8 Å². The summed E-state index contributed by atoms with van der Waals surface area (Å²) in [5.74, 6) is 0.863. The van der Waals surface area contributed by atoms with Gasteiger partial charge in [0.25, 0.3) is 0 Å². The van der Waals surface area contributed by atoms with Gasteiger partial charge in [-0.25, -0.2) is 9.97 Å². The molecule has 0 bridgehead atoms. The first kappa shape index (κ1) is 11.1. The molecule has 0 N–H and O–H groups in total. The summed E-state index contributed by atoms with van der Waals surface area (Å²) in [5.41, 5.74) is 1.09. The summed E-state index contributed by atoms with van der Waals surface area (Å²) in [6, 6.07) is 2.15. The predicted octanol–water partition coefficient (Wildman–Crippen LogP) is 3.64. The average molecular weight is 208 g/mol. The van der Waals surface area contributed by atoms with Crippen molar-refractivity contribution >= 4 is 21.6 Å². The Hall–Kier alpha value is -0.960. The zero-order chi connectivity index (χ0) is 10.7. The van der Waals surface area contributed by atoms with Crippen molar-refractivity contribution in [1.82, 2.24) is 9.97 Å². The molecular weight excluding hydrogens is 192 g/mol. The summed E-state index contributed by atoms with van der Waals surface area (Å²) in [5, 5.41) is 1.20. The Bertz CT molecular complexity index is 432. The monoisotopic (exact) mass is 208 g/mol. The molecule has 0 saturated heterocycles. The van der Waals surface area contributed by atoms with Crippen molar-refractivity contribution in [2.75, 3.05) is 0 Å². The summed E-state index contributed by atoms with van der Waals surface area (Å²) in [6.07, 6.45) is 0. The smallest absolute Gasteiger partial charge is 0.127 e. The molecule has 0 atom stereocenters. The van der Waals surface area contributed by atoms with E-state index in [1.807, 2.05) is 27.7 Å². The average Bonchev–Trinajstić information content (AvgIpc) is 2.49. The van der Waals surface area contributed by atoms with Crippen molar-refractivity contribution in [3.63, 3.8) is 0 Å². The molecule has 3 heteroatoms. The molecular formula is C11H16N2S. The highest BCUT2D eigenvalue weighted by atomic mass is 32.1. The van der Waals surface area contributed by atoms with Crippen molar-refractivity contribution in [2.45, 2.75) is 34.6 Å². The Morgan fingerprint density at radius 3 is 2.36 bits per heavy atom. The molecule has 0 fully saturated rings. The molecule has 0 saturated carbocycles. The second-order valence-electron chi connectivity index (χ2n) is 2.93. The van der Waals surface area contributed by atoms with Crippen LogP contribution < -0.4 is 0 Å². The third kappa shape index (κ3) is 2.10. The van der Waals surface area contributed by atoms with Crippen LogP contribution in [0.25, 0.3) is 10.2 Å². The van der Waals surface area contributed by atoms with E-state index in [9.17, 15) is 0 Å². The highest BCUT2D eigenvalue weighted by Crippen LogP contribution is 2.24. The van der Waals surface area contributed by atoms with Gasteiger partial charge in [-0.2, -0.15) is 0 Å². The van der Waals surface area contributed by atoms with Gasteiger partial charge in [-0.15, -0.1) is 11.3 Å². The van der Waals surface area contributed by atoms with Crippen LogP contribution in [0.5, 0.6) is 0 Å². The van der Waals surface area contributed by atoms with Crippen LogP contribution in [0.2, 0.25) is 0 Å². The van der Waals surface area contributed by atoms with Gasteiger partial charge in [0.05, 0.1) is 0 Å². The molecule has 2 aromatic rings. The minimum Gasteiger partial charge on any atom is -0.238 e.